The van der Waals surface area contributed by atoms with Gasteiger partial charge in [0.1, 0.15) is 17.1 Å². The predicted octanol–water partition coefficient (Wildman–Crippen LogP) is 4.07. The largest absolute Gasteiger partial charge is 0.456 e. The van der Waals surface area contributed by atoms with E-state index < -0.39 is 18.0 Å². The molecule has 158 valence electrons. The third-order valence-electron chi connectivity index (χ3n) is 4.63. The van der Waals surface area contributed by atoms with Crippen LogP contribution in [0.1, 0.15) is 22.8 Å². The fourth-order valence-corrected chi connectivity index (χ4v) is 3.00. The Kier molecular flexibility index (Phi) is 6.03. The van der Waals surface area contributed by atoms with Crippen molar-refractivity contribution in [1.29, 1.82) is 0 Å². The molecule has 7 heteroatoms. The van der Waals surface area contributed by atoms with E-state index in [1.807, 2.05) is 24.3 Å². The molecular formula is C24H21NO6. The highest BCUT2D eigenvalue weighted by atomic mass is 16.7. The number of benzene rings is 3. The van der Waals surface area contributed by atoms with Gasteiger partial charge in [-0.2, -0.15) is 0 Å². The maximum atomic E-state index is 12.7. The van der Waals surface area contributed by atoms with Gasteiger partial charge in [-0.15, -0.1) is 0 Å². The summed E-state index contributed by atoms with van der Waals surface area (Å²) in [5, 5.41) is 2.76. The number of para-hydroxylation sites is 2. The van der Waals surface area contributed by atoms with Gasteiger partial charge in [0.2, 0.25) is 6.79 Å². The van der Waals surface area contributed by atoms with E-state index in [9.17, 15) is 9.59 Å². The van der Waals surface area contributed by atoms with Crippen LogP contribution in [0.5, 0.6) is 23.0 Å². The molecule has 0 bridgehead atoms. The Morgan fingerprint density at radius 1 is 0.968 bits per heavy atom. The van der Waals surface area contributed by atoms with Crippen LogP contribution in [-0.2, 0) is 16.1 Å². The molecule has 0 saturated carbocycles. The van der Waals surface area contributed by atoms with Crippen LogP contribution in [0, 0.1) is 0 Å². The van der Waals surface area contributed by atoms with Gasteiger partial charge in [-0.3, -0.25) is 4.79 Å². The van der Waals surface area contributed by atoms with Crippen molar-refractivity contribution in [1.82, 2.24) is 5.32 Å². The number of ether oxygens (including phenoxy) is 4. The quantitative estimate of drug-likeness (QED) is 0.582. The van der Waals surface area contributed by atoms with Gasteiger partial charge >= 0.3 is 5.97 Å². The van der Waals surface area contributed by atoms with Gasteiger partial charge in [0.25, 0.3) is 5.91 Å². The molecule has 1 aliphatic rings. The van der Waals surface area contributed by atoms with E-state index in [0.29, 0.717) is 23.0 Å². The van der Waals surface area contributed by atoms with Crippen molar-refractivity contribution in [2.24, 2.45) is 0 Å². The Labute approximate surface area is 179 Å². The molecule has 1 aliphatic heterocycles. The number of hydrogen-bond donors (Lipinski definition) is 1. The van der Waals surface area contributed by atoms with Crippen molar-refractivity contribution < 1.29 is 28.5 Å². The van der Waals surface area contributed by atoms with Crippen LogP contribution in [0.3, 0.4) is 0 Å². The van der Waals surface area contributed by atoms with E-state index >= 15 is 0 Å². The van der Waals surface area contributed by atoms with Crippen molar-refractivity contribution in [3.63, 3.8) is 0 Å². The molecule has 7 nitrogen and oxygen atoms in total. The first-order valence-electron chi connectivity index (χ1n) is 9.79. The van der Waals surface area contributed by atoms with Gasteiger partial charge in [-0.1, -0.05) is 36.4 Å². The summed E-state index contributed by atoms with van der Waals surface area (Å²) in [6, 6.07) is 21.3. The standard InChI is InChI=1S/C24H21NO6/c1-16(23(26)25-14-17-11-12-21-22(13-17)29-15-28-21)30-24(27)19-9-5-6-10-20(19)31-18-7-3-2-4-8-18/h2-13,16H,14-15H2,1H3,(H,25,26). The lowest BCUT2D eigenvalue weighted by Gasteiger charge is -2.15. The first-order valence-corrected chi connectivity index (χ1v) is 9.79. The number of fused-ring (bicyclic) bond motifs is 1. The second-order valence-corrected chi connectivity index (χ2v) is 6.86. The molecule has 0 aromatic heterocycles. The van der Waals surface area contributed by atoms with Gasteiger partial charge in [0.05, 0.1) is 0 Å². The Hall–Kier alpha value is -4.00. The minimum Gasteiger partial charge on any atom is -0.456 e. The molecule has 3 aromatic rings. The maximum absolute atomic E-state index is 12.7. The zero-order chi connectivity index (χ0) is 21.6. The van der Waals surface area contributed by atoms with Crippen LogP contribution in [0.2, 0.25) is 0 Å². The molecule has 4 rings (SSSR count). The SMILES string of the molecule is CC(OC(=O)c1ccccc1Oc1ccccc1)C(=O)NCc1ccc2c(c1)OCO2. The monoisotopic (exact) mass is 419 g/mol. The molecule has 31 heavy (non-hydrogen) atoms. The molecule has 0 saturated heterocycles. The molecule has 3 aromatic carbocycles. The molecule has 1 amide bonds. The highest BCUT2D eigenvalue weighted by Gasteiger charge is 2.22. The van der Waals surface area contributed by atoms with Crippen molar-refractivity contribution in [3.8, 4) is 23.0 Å². The zero-order valence-corrected chi connectivity index (χ0v) is 16.9. The fourth-order valence-electron chi connectivity index (χ4n) is 3.00. The molecular weight excluding hydrogens is 398 g/mol. The molecule has 1 N–H and O–H groups in total. The molecule has 0 radical (unpaired) electrons. The zero-order valence-electron chi connectivity index (χ0n) is 16.9. The average Bonchev–Trinajstić information content (AvgIpc) is 3.26. The van der Waals surface area contributed by atoms with Gasteiger partial charge in [0.15, 0.2) is 17.6 Å². The van der Waals surface area contributed by atoms with E-state index in [-0.39, 0.29) is 18.9 Å². The van der Waals surface area contributed by atoms with E-state index in [4.69, 9.17) is 18.9 Å². The molecule has 1 unspecified atom stereocenters. The number of carbonyl (C=O) groups is 2. The van der Waals surface area contributed by atoms with Gasteiger partial charge in [0, 0.05) is 6.54 Å². The number of amides is 1. The van der Waals surface area contributed by atoms with Crippen LogP contribution < -0.4 is 19.5 Å². The number of carbonyl (C=O) groups excluding carboxylic acids is 2. The summed E-state index contributed by atoms with van der Waals surface area (Å²) < 4.78 is 21.8. The minimum atomic E-state index is -0.980. The molecule has 0 aliphatic carbocycles. The summed E-state index contributed by atoms with van der Waals surface area (Å²) in [7, 11) is 0. The lowest BCUT2D eigenvalue weighted by molar-refractivity contribution is -0.129. The Balaban J connectivity index is 1.35. The molecule has 0 spiro atoms. The Morgan fingerprint density at radius 3 is 2.55 bits per heavy atom. The van der Waals surface area contributed by atoms with Gasteiger partial charge < -0.3 is 24.3 Å². The van der Waals surface area contributed by atoms with Crippen LogP contribution in [0.4, 0.5) is 0 Å². The smallest absolute Gasteiger partial charge is 0.342 e. The van der Waals surface area contributed by atoms with E-state index in [2.05, 4.69) is 5.32 Å². The third kappa shape index (κ3) is 4.95. The Morgan fingerprint density at radius 2 is 1.71 bits per heavy atom. The molecule has 1 atom stereocenters. The first kappa shape index (κ1) is 20.3. The fraction of sp³-hybridized carbons (Fsp3) is 0.167. The van der Waals surface area contributed by atoms with Crippen molar-refractivity contribution in [3.05, 3.63) is 83.9 Å². The van der Waals surface area contributed by atoms with E-state index in [0.717, 1.165) is 5.56 Å². The number of nitrogens with one attached hydrogen (secondary N) is 1. The summed E-state index contributed by atoms with van der Waals surface area (Å²) >= 11 is 0. The second kappa shape index (κ2) is 9.21. The minimum absolute atomic E-state index is 0.188. The summed E-state index contributed by atoms with van der Waals surface area (Å²) in [6.07, 6.45) is -0.980. The first-order chi connectivity index (χ1) is 15.1. The topological polar surface area (TPSA) is 83.1 Å². The summed E-state index contributed by atoms with van der Waals surface area (Å²) in [5.41, 5.74) is 1.08. The highest BCUT2D eigenvalue weighted by molar-refractivity contribution is 5.94. The van der Waals surface area contributed by atoms with Gasteiger partial charge in [-0.25, -0.2) is 4.79 Å². The van der Waals surface area contributed by atoms with Crippen LogP contribution in [0.15, 0.2) is 72.8 Å². The third-order valence-corrected chi connectivity index (χ3v) is 4.63. The van der Waals surface area contributed by atoms with E-state index in [1.54, 1.807) is 48.5 Å². The number of rotatable bonds is 7. The molecule has 0 fully saturated rings. The average molecular weight is 419 g/mol. The number of esters is 1. The summed E-state index contributed by atoms with van der Waals surface area (Å²) in [6.45, 7) is 1.98. The van der Waals surface area contributed by atoms with Crippen LogP contribution in [0.25, 0.3) is 0 Å². The summed E-state index contributed by atoms with van der Waals surface area (Å²) in [4.78, 5) is 25.1. The van der Waals surface area contributed by atoms with Crippen LogP contribution in [-0.4, -0.2) is 24.8 Å². The molecule has 1 heterocycles. The Bertz CT molecular complexity index is 1080. The predicted molar refractivity (Wildman–Crippen MR) is 112 cm³/mol. The van der Waals surface area contributed by atoms with Crippen LogP contribution >= 0.6 is 0 Å². The van der Waals surface area contributed by atoms with E-state index in [1.165, 1.54) is 6.92 Å². The summed E-state index contributed by atoms with van der Waals surface area (Å²) in [5.74, 6) is 1.21. The second-order valence-electron chi connectivity index (χ2n) is 6.86. The maximum Gasteiger partial charge on any atom is 0.342 e. The normalized spacial score (nSPS) is 12.7. The van der Waals surface area contributed by atoms with Crippen molar-refractivity contribution in [2.75, 3.05) is 6.79 Å². The lowest BCUT2D eigenvalue weighted by Crippen LogP contribution is -2.35. The van der Waals surface area contributed by atoms with Gasteiger partial charge in [-0.05, 0) is 48.9 Å². The van der Waals surface area contributed by atoms with Crippen molar-refractivity contribution in [2.45, 2.75) is 19.6 Å². The van der Waals surface area contributed by atoms with Crippen molar-refractivity contribution >= 4 is 11.9 Å². The highest BCUT2D eigenvalue weighted by Crippen LogP contribution is 2.32. The lowest BCUT2D eigenvalue weighted by atomic mass is 10.2. The number of hydrogen-bond acceptors (Lipinski definition) is 6.